The van der Waals surface area contributed by atoms with Gasteiger partial charge in [0.1, 0.15) is 5.82 Å². The molecule has 0 aromatic carbocycles. The molecule has 2 N–H and O–H groups in total. The van der Waals surface area contributed by atoms with E-state index >= 15 is 0 Å². The first-order chi connectivity index (χ1) is 8.33. The number of hydrogen-bond acceptors (Lipinski definition) is 5. The normalized spacial score (nSPS) is 20.3. The quantitative estimate of drug-likeness (QED) is 0.797. The Bertz CT molecular complexity index is 419. The van der Waals surface area contributed by atoms with Crippen LogP contribution in [0.2, 0.25) is 0 Å². The van der Waals surface area contributed by atoms with Crippen molar-refractivity contribution in [2.75, 3.05) is 20.1 Å². The third kappa shape index (κ3) is 2.40. The molecule has 0 radical (unpaired) electrons. The molecule has 6 nitrogen and oxygen atoms in total. The van der Waals surface area contributed by atoms with Crippen molar-refractivity contribution in [1.29, 1.82) is 0 Å². The molecule has 92 valence electrons. The summed E-state index contributed by atoms with van der Waals surface area (Å²) in [7, 11) is 2.06. The molecule has 0 unspecified atom stereocenters. The highest BCUT2D eigenvalue weighted by Gasteiger charge is 2.27. The van der Waals surface area contributed by atoms with E-state index in [1.165, 1.54) is 12.8 Å². The number of aliphatic imine (C=N–C) groups is 1. The second-order valence-corrected chi connectivity index (χ2v) is 4.75. The number of rotatable bonds is 3. The largest absolute Gasteiger partial charge is 0.349 e. The van der Waals surface area contributed by atoms with E-state index in [0.717, 1.165) is 37.1 Å². The molecule has 1 aromatic heterocycles. The van der Waals surface area contributed by atoms with E-state index in [-0.39, 0.29) is 0 Å². The summed E-state index contributed by atoms with van der Waals surface area (Å²) in [5.41, 5.74) is 0. The summed E-state index contributed by atoms with van der Waals surface area (Å²) < 4.78 is 0. The van der Waals surface area contributed by atoms with E-state index in [0.29, 0.717) is 12.5 Å². The number of hydrogen-bond donors (Lipinski definition) is 2. The van der Waals surface area contributed by atoms with Crippen molar-refractivity contribution < 1.29 is 0 Å². The van der Waals surface area contributed by atoms with E-state index in [1.54, 1.807) is 0 Å². The monoisotopic (exact) mass is 234 g/mol. The van der Waals surface area contributed by atoms with Crippen molar-refractivity contribution in [3.8, 4) is 0 Å². The van der Waals surface area contributed by atoms with Gasteiger partial charge in [0.15, 0.2) is 11.8 Å². The first-order valence-corrected chi connectivity index (χ1v) is 6.23. The van der Waals surface area contributed by atoms with Crippen LogP contribution in [0.4, 0.5) is 0 Å². The Morgan fingerprint density at radius 3 is 3.12 bits per heavy atom. The average molecular weight is 234 g/mol. The number of aromatic amines is 1. The Hall–Kier alpha value is -1.59. The molecule has 0 amide bonds. The number of guanidine groups is 1. The van der Waals surface area contributed by atoms with Gasteiger partial charge in [-0.15, -0.1) is 0 Å². The predicted octanol–water partition coefficient (Wildman–Crippen LogP) is 0.463. The molecule has 1 aliphatic carbocycles. The predicted molar refractivity (Wildman–Crippen MR) is 64.7 cm³/mol. The van der Waals surface area contributed by atoms with E-state index < -0.39 is 0 Å². The molecular weight excluding hydrogens is 216 g/mol. The Morgan fingerprint density at radius 2 is 2.35 bits per heavy atom. The second-order valence-electron chi connectivity index (χ2n) is 4.75. The Morgan fingerprint density at radius 1 is 1.47 bits per heavy atom. The summed E-state index contributed by atoms with van der Waals surface area (Å²) in [5, 5.41) is 10.5. The van der Waals surface area contributed by atoms with Gasteiger partial charge in [-0.1, -0.05) is 0 Å². The SMILES string of the molecule is CN1CCCN=C1NCc1nc(C2CC2)n[nH]1. The lowest BCUT2D eigenvalue weighted by molar-refractivity contribution is 0.445. The van der Waals surface area contributed by atoms with Crippen molar-refractivity contribution in [1.82, 2.24) is 25.4 Å². The van der Waals surface area contributed by atoms with E-state index in [4.69, 9.17) is 0 Å². The number of H-pyrrole nitrogens is 1. The van der Waals surface area contributed by atoms with Gasteiger partial charge >= 0.3 is 0 Å². The Balaban J connectivity index is 1.57. The van der Waals surface area contributed by atoms with Gasteiger partial charge in [0, 0.05) is 26.1 Å². The Kier molecular flexibility index (Phi) is 2.70. The molecule has 1 aromatic rings. The van der Waals surface area contributed by atoms with Gasteiger partial charge in [-0.2, -0.15) is 5.10 Å². The molecule has 1 saturated carbocycles. The van der Waals surface area contributed by atoms with Crippen LogP contribution in [0.5, 0.6) is 0 Å². The molecule has 3 rings (SSSR count). The fourth-order valence-electron chi connectivity index (χ4n) is 1.99. The van der Waals surface area contributed by atoms with Crippen LogP contribution in [0.1, 0.15) is 36.8 Å². The highest BCUT2D eigenvalue weighted by molar-refractivity contribution is 5.80. The minimum absolute atomic E-state index is 0.606. The highest BCUT2D eigenvalue weighted by Crippen LogP contribution is 2.37. The van der Waals surface area contributed by atoms with Gasteiger partial charge in [0.25, 0.3) is 0 Å². The molecule has 0 bridgehead atoms. The summed E-state index contributed by atoms with van der Waals surface area (Å²) in [6.45, 7) is 2.65. The lowest BCUT2D eigenvalue weighted by Gasteiger charge is -2.25. The summed E-state index contributed by atoms with van der Waals surface area (Å²) in [6, 6.07) is 0. The molecule has 2 aliphatic rings. The summed E-state index contributed by atoms with van der Waals surface area (Å²) >= 11 is 0. The third-order valence-corrected chi connectivity index (χ3v) is 3.18. The standard InChI is InChI=1S/C11H18N6/c1-17-6-2-5-12-11(17)13-7-9-14-10(16-15-9)8-3-4-8/h8H,2-7H2,1H3,(H,12,13)(H,14,15,16). The maximum atomic E-state index is 4.48. The molecule has 17 heavy (non-hydrogen) atoms. The van der Waals surface area contributed by atoms with Crippen LogP contribution in [-0.4, -0.2) is 46.2 Å². The zero-order valence-corrected chi connectivity index (χ0v) is 10.1. The molecule has 1 aliphatic heterocycles. The van der Waals surface area contributed by atoms with Crippen LogP contribution < -0.4 is 5.32 Å². The highest BCUT2D eigenvalue weighted by atomic mass is 15.3. The van der Waals surface area contributed by atoms with Crippen LogP contribution in [0.25, 0.3) is 0 Å². The fraction of sp³-hybridized carbons (Fsp3) is 0.727. The van der Waals surface area contributed by atoms with Crippen LogP contribution in [0, 0.1) is 0 Å². The first kappa shape index (κ1) is 10.6. The van der Waals surface area contributed by atoms with E-state index in [2.05, 4.69) is 37.4 Å². The van der Waals surface area contributed by atoms with Crippen LogP contribution in [0.15, 0.2) is 4.99 Å². The molecule has 0 spiro atoms. The van der Waals surface area contributed by atoms with Crippen molar-refractivity contribution in [3.63, 3.8) is 0 Å². The smallest absolute Gasteiger partial charge is 0.194 e. The molecule has 0 saturated heterocycles. The van der Waals surface area contributed by atoms with E-state index in [1.807, 2.05) is 0 Å². The van der Waals surface area contributed by atoms with Gasteiger partial charge in [-0.3, -0.25) is 10.1 Å². The molecule has 0 atom stereocenters. The zero-order valence-electron chi connectivity index (χ0n) is 10.1. The lowest BCUT2D eigenvalue weighted by Crippen LogP contribution is -2.41. The van der Waals surface area contributed by atoms with Crippen molar-refractivity contribution in [3.05, 3.63) is 11.6 Å². The minimum atomic E-state index is 0.606. The Labute approximate surface area is 101 Å². The van der Waals surface area contributed by atoms with Crippen LogP contribution >= 0.6 is 0 Å². The van der Waals surface area contributed by atoms with Gasteiger partial charge in [-0.25, -0.2) is 4.98 Å². The zero-order chi connectivity index (χ0) is 11.7. The minimum Gasteiger partial charge on any atom is -0.349 e. The summed E-state index contributed by atoms with van der Waals surface area (Å²) in [5.74, 6) is 3.43. The van der Waals surface area contributed by atoms with Gasteiger partial charge < -0.3 is 10.2 Å². The second kappa shape index (κ2) is 4.35. The van der Waals surface area contributed by atoms with E-state index in [9.17, 15) is 0 Å². The first-order valence-electron chi connectivity index (χ1n) is 6.23. The molecular formula is C11H18N6. The molecule has 2 heterocycles. The molecule has 1 fully saturated rings. The average Bonchev–Trinajstić information content (AvgIpc) is 3.08. The van der Waals surface area contributed by atoms with Gasteiger partial charge in [0.05, 0.1) is 6.54 Å². The van der Waals surface area contributed by atoms with Crippen LogP contribution in [0.3, 0.4) is 0 Å². The lowest BCUT2D eigenvalue weighted by atomic mass is 10.3. The van der Waals surface area contributed by atoms with Gasteiger partial charge in [0.2, 0.25) is 0 Å². The van der Waals surface area contributed by atoms with Crippen molar-refractivity contribution >= 4 is 5.96 Å². The number of nitrogens with one attached hydrogen (secondary N) is 2. The maximum Gasteiger partial charge on any atom is 0.194 e. The fourth-order valence-corrected chi connectivity index (χ4v) is 1.99. The third-order valence-electron chi connectivity index (χ3n) is 3.18. The summed E-state index contributed by atoms with van der Waals surface area (Å²) in [4.78, 5) is 11.1. The molecule has 6 heteroatoms. The van der Waals surface area contributed by atoms with Crippen LogP contribution in [-0.2, 0) is 6.54 Å². The van der Waals surface area contributed by atoms with Crippen molar-refractivity contribution in [2.45, 2.75) is 31.7 Å². The topological polar surface area (TPSA) is 69.2 Å². The maximum absolute atomic E-state index is 4.48. The summed E-state index contributed by atoms with van der Waals surface area (Å²) in [6.07, 6.45) is 3.61. The van der Waals surface area contributed by atoms with Gasteiger partial charge in [-0.05, 0) is 19.3 Å². The van der Waals surface area contributed by atoms with Crippen molar-refractivity contribution in [2.24, 2.45) is 4.99 Å². The number of aromatic nitrogens is 3. The number of nitrogens with zero attached hydrogens (tertiary/aromatic N) is 4.